The predicted molar refractivity (Wildman–Crippen MR) is 64.5 cm³/mol. The number of nitrogens with one attached hydrogen (secondary N) is 1. The molecule has 0 saturated heterocycles. The molecule has 106 valence electrons. The zero-order chi connectivity index (χ0) is 14.6. The van der Waals surface area contributed by atoms with E-state index in [2.05, 4.69) is 4.72 Å². The number of hydrogen-bond donors (Lipinski definition) is 2. The number of aliphatic hydroxyl groups excluding tert-OH is 1. The van der Waals surface area contributed by atoms with Gasteiger partial charge in [-0.1, -0.05) is 0 Å². The Morgan fingerprint density at radius 2 is 2.16 bits per heavy atom. The second kappa shape index (κ2) is 6.04. The molecule has 0 aromatic heterocycles. The molecule has 1 rings (SSSR count). The Kier molecular flexibility index (Phi) is 4.92. The molecular formula is C10H13FN2O5S. The number of nitro groups is 1. The molecule has 1 aromatic carbocycles. The molecule has 0 aliphatic heterocycles. The number of nitrogens with zero attached hydrogens (tertiary/aromatic N) is 1. The molecule has 0 aliphatic carbocycles. The van der Waals surface area contributed by atoms with Gasteiger partial charge in [0, 0.05) is 18.7 Å². The van der Waals surface area contributed by atoms with Gasteiger partial charge in [-0.15, -0.1) is 0 Å². The lowest BCUT2D eigenvalue weighted by atomic mass is 10.3. The zero-order valence-corrected chi connectivity index (χ0v) is 10.9. The average Bonchev–Trinajstić information content (AvgIpc) is 2.28. The number of nitro benzene ring substituents is 1. The quantitative estimate of drug-likeness (QED) is 0.595. The van der Waals surface area contributed by atoms with E-state index >= 15 is 0 Å². The largest absolute Gasteiger partial charge is 0.393 e. The van der Waals surface area contributed by atoms with Crippen LogP contribution in [0.25, 0.3) is 0 Å². The summed E-state index contributed by atoms with van der Waals surface area (Å²) in [5.41, 5.74) is -0.516. The first-order valence-electron chi connectivity index (χ1n) is 5.35. The molecule has 1 aromatic rings. The highest BCUT2D eigenvalue weighted by Crippen LogP contribution is 2.20. The van der Waals surface area contributed by atoms with E-state index in [0.717, 1.165) is 12.1 Å². The van der Waals surface area contributed by atoms with Crippen LogP contribution in [0.1, 0.15) is 13.3 Å². The van der Waals surface area contributed by atoms with Crippen LogP contribution in [0.15, 0.2) is 23.1 Å². The summed E-state index contributed by atoms with van der Waals surface area (Å²) >= 11 is 0. The van der Waals surface area contributed by atoms with Crippen LogP contribution in [-0.2, 0) is 10.0 Å². The van der Waals surface area contributed by atoms with Crippen LogP contribution in [0.2, 0.25) is 0 Å². The second-order valence-electron chi connectivity index (χ2n) is 3.91. The van der Waals surface area contributed by atoms with Gasteiger partial charge in [-0.25, -0.2) is 17.5 Å². The van der Waals surface area contributed by atoms with Crippen molar-refractivity contribution in [3.8, 4) is 0 Å². The van der Waals surface area contributed by atoms with Crippen molar-refractivity contribution in [1.82, 2.24) is 4.72 Å². The molecular weight excluding hydrogens is 279 g/mol. The van der Waals surface area contributed by atoms with E-state index in [9.17, 15) is 22.9 Å². The number of aliphatic hydroxyl groups is 1. The van der Waals surface area contributed by atoms with Crippen molar-refractivity contribution in [2.75, 3.05) is 6.54 Å². The Balaban J connectivity index is 3.00. The Hall–Kier alpha value is -1.58. The minimum absolute atomic E-state index is 0.0951. The number of halogens is 1. The lowest BCUT2D eigenvalue weighted by Crippen LogP contribution is -2.27. The summed E-state index contributed by atoms with van der Waals surface area (Å²) in [6.45, 7) is 1.38. The van der Waals surface area contributed by atoms with Crippen molar-refractivity contribution in [3.63, 3.8) is 0 Å². The van der Waals surface area contributed by atoms with Crippen LogP contribution in [0.5, 0.6) is 0 Å². The van der Waals surface area contributed by atoms with Gasteiger partial charge < -0.3 is 5.11 Å². The van der Waals surface area contributed by atoms with Gasteiger partial charge in [-0.3, -0.25) is 10.1 Å². The number of rotatable bonds is 6. The lowest BCUT2D eigenvalue weighted by molar-refractivity contribution is -0.385. The number of non-ortho nitro benzene ring substituents is 1. The van der Waals surface area contributed by atoms with Gasteiger partial charge in [0.15, 0.2) is 0 Å². The monoisotopic (exact) mass is 292 g/mol. The van der Waals surface area contributed by atoms with Crippen molar-refractivity contribution in [1.29, 1.82) is 0 Å². The molecule has 0 bridgehead atoms. The van der Waals surface area contributed by atoms with Crippen molar-refractivity contribution in [3.05, 3.63) is 34.1 Å². The molecule has 9 heteroatoms. The standard InChI is InChI=1S/C10H13FN2O5S/c1-7(14)4-5-12-19(17,18)10-6-8(13(15)16)2-3-9(10)11/h2-3,6-7,12,14H,4-5H2,1H3. The maximum absolute atomic E-state index is 13.4. The van der Waals surface area contributed by atoms with E-state index in [4.69, 9.17) is 5.11 Å². The molecule has 0 spiro atoms. The molecule has 0 heterocycles. The van der Waals surface area contributed by atoms with Gasteiger partial charge >= 0.3 is 0 Å². The summed E-state index contributed by atoms with van der Waals surface area (Å²) in [5.74, 6) is -1.07. The van der Waals surface area contributed by atoms with E-state index in [1.807, 2.05) is 0 Å². The first kappa shape index (κ1) is 15.5. The normalized spacial score (nSPS) is 13.2. The van der Waals surface area contributed by atoms with Gasteiger partial charge in [0.25, 0.3) is 5.69 Å². The van der Waals surface area contributed by atoms with Crippen LogP contribution < -0.4 is 4.72 Å². The summed E-state index contributed by atoms with van der Waals surface area (Å²) < 4.78 is 39.0. The van der Waals surface area contributed by atoms with Crippen LogP contribution >= 0.6 is 0 Å². The molecule has 0 aliphatic rings. The highest BCUT2D eigenvalue weighted by Gasteiger charge is 2.22. The van der Waals surface area contributed by atoms with Crippen LogP contribution in [0.4, 0.5) is 10.1 Å². The topological polar surface area (TPSA) is 110 Å². The molecule has 7 nitrogen and oxygen atoms in total. The van der Waals surface area contributed by atoms with E-state index in [0.29, 0.717) is 6.07 Å². The Labute approximate surface area is 109 Å². The number of sulfonamides is 1. The molecule has 1 atom stereocenters. The van der Waals surface area contributed by atoms with Crippen LogP contribution in [0, 0.1) is 15.9 Å². The molecule has 19 heavy (non-hydrogen) atoms. The zero-order valence-electron chi connectivity index (χ0n) is 10.0. The number of hydrogen-bond acceptors (Lipinski definition) is 5. The first-order chi connectivity index (χ1) is 8.74. The fourth-order valence-corrected chi connectivity index (χ4v) is 2.43. The van der Waals surface area contributed by atoms with Crippen molar-refractivity contribution in [2.45, 2.75) is 24.3 Å². The highest BCUT2D eigenvalue weighted by atomic mass is 32.2. The summed E-state index contributed by atoms with van der Waals surface area (Å²) in [6.07, 6.45) is -0.562. The minimum Gasteiger partial charge on any atom is -0.393 e. The van der Waals surface area contributed by atoms with E-state index in [1.54, 1.807) is 0 Å². The van der Waals surface area contributed by atoms with Gasteiger partial charge in [0.05, 0.1) is 11.0 Å². The van der Waals surface area contributed by atoms with Crippen LogP contribution in [-0.4, -0.2) is 31.1 Å². The Bertz CT molecular complexity index is 573. The summed E-state index contributed by atoms with van der Waals surface area (Å²) in [6, 6.07) is 2.26. The van der Waals surface area contributed by atoms with Crippen molar-refractivity contribution in [2.24, 2.45) is 0 Å². The fourth-order valence-electron chi connectivity index (χ4n) is 1.29. The van der Waals surface area contributed by atoms with E-state index < -0.39 is 37.5 Å². The van der Waals surface area contributed by atoms with E-state index in [1.165, 1.54) is 6.92 Å². The average molecular weight is 292 g/mol. The lowest BCUT2D eigenvalue weighted by Gasteiger charge is -2.08. The third-order valence-corrected chi connectivity index (χ3v) is 3.75. The minimum atomic E-state index is -4.18. The van der Waals surface area contributed by atoms with Crippen LogP contribution in [0.3, 0.4) is 0 Å². The van der Waals surface area contributed by atoms with Gasteiger partial charge in [0.1, 0.15) is 10.7 Å². The molecule has 1 unspecified atom stereocenters. The summed E-state index contributed by atoms with van der Waals surface area (Å²) in [4.78, 5) is 8.93. The third-order valence-electron chi connectivity index (χ3n) is 2.27. The summed E-state index contributed by atoms with van der Waals surface area (Å²) in [7, 11) is -4.18. The summed E-state index contributed by atoms with van der Waals surface area (Å²) in [5, 5.41) is 19.5. The smallest absolute Gasteiger partial charge is 0.270 e. The van der Waals surface area contributed by atoms with Crippen molar-refractivity contribution >= 4 is 15.7 Å². The number of benzene rings is 1. The fraction of sp³-hybridized carbons (Fsp3) is 0.400. The Morgan fingerprint density at radius 3 is 2.68 bits per heavy atom. The molecule has 0 saturated carbocycles. The molecule has 2 N–H and O–H groups in total. The first-order valence-corrected chi connectivity index (χ1v) is 6.84. The van der Waals surface area contributed by atoms with Gasteiger partial charge in [-0.2, -0.15) is 0 Å². The highest BCUT2D eigenvalue weighted by molar-refractivity contribution is 7.89. The second-order valence-corrected chi connectivity index (χ2v) is 5.64. The Morgan fingerprint density at radius 1 is 1.53 bits per heavy atom. The molecule has 0 fully saturated rings. The predicted octanol–water partition coefficient (Wildman–Crippen LogP) is 0.783. The SMILES string of the molecule is CC(O)CCNS(=O)(=O)c1cc([N+](=O)[O-])ccc1F. The van der Waals surface area contributed by atoms with Crippen molar-refractivity contribution < 1.29 is 22.8 Å². The maximum atomic E-state index is 13.4. The van der Waals surface area contributed by atoms with Gasteiger partial charge in [-0.05, 0) is 19.4 Å². The maximum Gasteiger partial charge on any atom is 0.270 e. The van der Waals surface area contributed by atoms with Gasteiger partial charge in [0.2, 0.25) is 10.0 Å². The molecule has 0 amide bonds. The molecule has 0 radical (unpaired) electrons. The third kappa shape index (κ3) is 4.23. The van der Waals surface area contributed by atoms with E-state index in [-0.39, 0.29) is 13.0 Å².